The number of nitrogens with one attached hydrogen (secondary N) is 1. The van der Waals surface area contributed by atoms with Crippen LogP contribution in [0.1, 0.15) is 18.4 Å². The first-order chi connectivity index (χ1) is 10.8. The van der Waals surface area contributed by atoms with Crippen LogP contribution in [0, 0.1) is 5.92 Å². The molecule has 0 unspecified atom stereocenters. The highest BCUT2D eigenvalue weighted by Gasteiger charge is 2.32. The van der Waals surface area contributed by atoms with Crippen LogP contribution in [0.4, 0.5) is 5.95 Å². The van der Waals surface area contributed by atoms with Crippen molar-refractivity contribution in [3.05, 3.63) is 47.7 Å². The van der Waals surface area contributed by atoms with Crippen LogP contribution in [0.2, 0.25) is 0 Å². The third-order valence-corrected chi connectivity index (χ3v) is 4.90. The minimum Gasteiger partial charge on any atom is -0.328 e. The number of allylic oxidation sites excluding steroid dienone is 2. The topological polar surface area (TPSA) is 59.8 Å². The molecule has 0 fully saturated rings. The van der Waals surface area contributed by atoms with E-state index in [0.29, 0.717) is 18.7 Å². The number of hydrogen-bond donors (Lipinski definition) is 1. The molecule has 4 rings (SSSR count). The van der Waals surface area contributed by atoms with Crippen LogP contribution in [0.15, 0.2) is 47.3 Å². The SMILES string of the molecule is O=C1CCC=C2Nc3nc(SCc4ccccc4)nn3C[C@H]12. The Labute approximate surface area is 132 Å². The molecular weight excluding hydrogens is 296 g/mol. The van der Waals surface area contributed by atoms with Crippen molar-refractivity contribution < 1.29 is 4.79 Å². The van der Waals surface area contributed by atoms with E-state index >= 15 is 0 Å². The Kier molecular flexibility index (Phi) is 3.46. The molecule has 1 atom stereocenters. The summed E-state index contributed by atoms with van der Waals surface area (Å²) in [7, 11) is 0. The van der Waals surface area contributed by atoms with E-state index in [4.69, 9.17) is 0 Å². The highest BCUT2D eigenvalue weighted by molar-refractivity contribution is 7.98. The average molecular weight is 312 g/mol. The van der Waals surface area contributed by atoms with Gasteiger partial charge in [-0.1, -0.05) is 48.2 Å². The van der Waals surface area contributed by atoms with Crippen LogP contribution < -0.4 is 5.32 Å². The molecule has 0 saturated heterocycles. The number of benzene rings is 1. The quantitative estimate of drug-likeness (QED) is 0.883. The van der Waals surface area contributed by atoms with E-state index in [2.05, 4.69) is 33.6 Å². The van der Waals surface area contributed by atoms with Crippen LogP contribution in [0.3, 0.4) is 0 Å². The number of fused-ring (bicyclic) bond motifs is 2. The van der Waals surface area contributed by atoms with Gasteiger partial charge in [0.25, 0.3) is 0 Å². The van der Waals surface area contributed by atoms with Crippen LogP contribution in [-0.4, -0.2) is 20.5 Å². The lowest BCUT2D eigenvalue weighted by molar-refractivity contribution is -0.122. The number of anilines is 1. The lowest BCUT2D eigenvalue weighted by Crippen LogP contribution is -2.33. The summed E-state index contributed by atoms with van der Waals surface area (Å²) >= 11 is 1.61. The number of nitrogens with zero attached hydrogens (tertiary/aromatic N) is 3. The van der Waals surface area contributed by atoms with Crippen molar-refractivity contribution in [1.82, 2.24) is 14.8 Å². The second-order valence-corrected chi connectivity index (χ2v) is 6.46. The number of hydrogen-bond acceptors (Lipinski definition) is 5. The Morgan fingerprint density at radius 1 is 1.32 bits per heavy atom. The summed E-state index contributed by atoms with van der Waals surface area (Å²) < 4.78 is 1.82. The maximum Gasteiger partial charge on any atom is 0.226 e. The summed E-state index contributed by atoms with van der Waals surface area (Å²) in [6.45, 7) is 0.603. The molecule has 1 aromatic carbocycles. The molecule has 0 bridgehead atoms. The summed E-state index contributed by atoms with van der Waals surface area (Å²) in [5.74, 6) is 1.81. The van der Waals surface area contributed by atoms with Gasteiger partial charge in [-0.25, -0.2) is 4.68 Å². The van der Waals surface area contributed by atoms with Crippen molar-refractivity contribution in [2.45, 2.75) is 30.3 Å². The first kappa shape index (κ1) is 13.6. The molecule has 2 aliphatic rings. The third-order valence-electron chi connectivity index (χ3n) is 3.99. The Balaban J connectivity index is 1.51. The summed E-state index contributed by atoms with van der Waals surface area (Å²) in [6.07, 6.45) is 3.57. The second kappa shape index (κ2) is 5.61. The first-order valence-corrected chi connectivity index (χ1v) is 8.39. The number of carbonyl (C=O) groups excluding carboxylic acids is 1. The Morgan fingerprint density at radius 3 is 3.05 bits per heavy atom. The Hall–Kier alpha value is -2.08. The lowest BCUT2D eigenvalue weighted by atomic mass is 9.90. The maximum absolute atomic E-state index is 12.0. The van der Waals surface area contributed by atoms with Gasteiger partial charge in [-0.2, -0.15) is 4.98 Å². The van der Waals surface area contributed by atoms with Crippen molar-refractivity contribution in [1.29, 1.82) is 0 Å². The predicted molar refractivity (Wildman–Crippen MR) is 85.5 cm³/mol. The smallest absolute Gasteiger partial charge is 0.226 e. The molecule has 1 aliphatic carbocycles. The van der Waals surface area contributed by atoms with Crippen LogP contribution in [0.5, 0.6) is 0 Å². The zero-order chi connectivity index (χ0) is 14.9. The van der Waals surface area contributed by atoms with E-state index in [0.717, 1.165) is 29.0 Å². The molecule has 0 spiro atoms. The highest BCUT2D eigenvalue weighted by Crippen LogP contribution is 2.31. The van der Waals surface area contributed by atoms with Crippen molar-refractivity contribution in [3.63, 3.8) is 0 Å². The monoisotopic (exact) mass is 312 g/mol. The van der Waals surface area contributed by atoms with E-state index < -0.39 is 0 Å². The molecule has 6 heteroatoms. The largest absolute Gasteiger partial charge is 0.328 e. The molecule has 2 heterocycles. The fourth-order valence-corrected chi connectivity index (χ4v) is 3.62. The molecule has 0 amide bonds. The molecule has 1 aliphatic heterocycles. The summed E-state index contributed by atoms with van der Waals surface area (Å²) in [4.78, 5) is 16.5. The van der Waals surface area contributed by atoms with Gasteiger partial charge in [0, 0.05) is 17.9 Å². The first-order valence-electron chi connectivity index (χ1n) is 7.41. The zero-order valence-corrected chi connectivity index (χ0v) is 12.8. The van der Waals surface area contributed by atoms with E-state index in [1.54, 1.807) is 11.8 Å². The minimum absolute atomic E-state index is 0.0741. The molecular formula is C16H16N4OS. The molecule has 1 aromatic heterocycles. The van der Waals surface area contributed by atoms with E-state index in [9.17, 15) is 4.79 Å². The molecule has 5 nitrogen and oxygen atoms in total. The normalized spacial score (nSPS) is 19.9. The number of thioether (sulfide) groups is 1. The van der Waals surface area contributed by atoms with Gasteiger partial charge in [-0.3, -0.25) is 4.79 Å². The molecule has 2 aromatic rings. The Morgan fingerprint density at radius 2 is 2.18 bits per heavy atom. The lowest BCUT2D eigenvalue weighted by Gasteiger charge is -2.28. The Bertz CT molecular complexity index is 738. The number of ketones is 1. The van der Waals surface area contributed by atoms with Crippen LogP contribution in [0.25, 0.3) is 0 Å². The van der Waals surface area contributed by atoms with Gasteiger partial charge in [-0.05, 0) is 12.0 Å². The highest BCUT2D eigenvalue weighted by atomic mass is 32.2. The molecule has 0 saturated carbocycles. The van der Waals surface area contributed by atoms with E-state index in [1.807, 2.05) is 22.9 Å². The second-order valence-electron chi connectivity index (χ2n) is 5.52. The number of rotatable bonds is 3. The number of aromatic nitrogens is 3. The van der Waals surface area contributed by atoms with Gasteiger partial charge in [0.15, 0.2) is 0 Å². The zero-order valence-electron chi connectivity index (χ0n) is 12.0. The van der Waals surface area contributed by atoms with Gasteiger partial charge in [0.2, 0.25) is 11.1 Å². The van der Waals surface area contributed by atoms with Gasteiger partial charge in [0.1, 0.15) is 5.78 Å². The molecule has 22 heavy (non-hydrogen) atoms. The minimum atomic E-state index is -0.0741. The molecule has 112 valence electrons. The summed E-state index contributed by atoms with van der Waals surface area (Å²) in [5, 5.41) is 8.53. The van der Waals surface area contributed by atoms with Gasteiger partial charge in [0.05, 0.1) is 12.5 Å². The van der Waals surface area contributed by atoms with Gasteiger partial charge in [-0.15, -0.1) is 5.10 Å². The molecule has 0 radical (unpaired) electrons. The van der Waals surface area contributed by atoms with Gasteiger partial charge < -0.3 is 5.32 Å². The average Bonchev–Trinajstić information content (AvgIpc) is 2.94. The fourth-order valence-electron chi connectivity index (χ4n) is 2.82. The van der Waals surface area contributed by atoms with Crippen molar-refractivity contribution >= 4 is 23.5 Å². The number of Topliss-reactive ketones (excluding diaryl/α,β-unsaturated/α-hetero) is 1. The third kappa shape index (κ3) is 2.54. The van der Waals surface area contributed by atoms with Crippen molar-refractivity contribution in [3.8, 4) is 0 Å². The predicted octanol–water partition coefficient (Wildman–Crippen LogP) is 2.86. The standard InChI is InChI=1S/C16H16N4OS/c21-14-8-4-7-13-12(14)9-20-15(17-13)18-16(19-20)22-10-11-5-2-1-3-6-11/h1-3,5-7,12H,4,8-10H2,(H,17,18,19)/t12-/m0/s1. The maximum atomic E-state index is 12.0. The van der Waals surface area contributed by atoms with E-state index in [1.165, 1.54) is 5.56 Å². The summed E-state index contributed by atoms with van der Waals surface area (Å²) in [5.41, 5.74) is 2.25. The summed E-state index contributed by atoms with van der Waals surface area (Å²) in [6, 6.07) is 10.3. The fraction of sp³-hybridized carbons (Fsp3) is 0.312. The van der Waals surface area contributed by atoms with E-state index in [-0.39, 0.29) is 5.92 Å². The molecule has 1 N–H and O–H groups in total. The number of carbonyl (C=O) groups is 1. The van der Waals surface area contributed by atoms with Crippen LogP contribution >= 0.6 is 11.8 Å². The van der Waals surface area contributed by atoms with Crippen LogP contribution in [-0.2, 0) is 17.1 Å². The van der Waals surface area contributed by atoms with Crippen molar-refractivity contribution in [2.75, 3.05) is 5.32 Å². The van der Waals surface area contributed by atoms with Gasteiger partial charge >= 0.3 is 0 Å². The van der Waals surface area contributed by atoms with Crippen molar-refractivity contribution in [2.24, 2.45) is 5.92 Å².